The van der Waals surface area contributed by atoms with Crippen molar-refractivity contribution >= 4 is 45.7 Å². The van der Waals surface area contributed by atoms with E-state index >= 15 is 0 Å². The van der Waals surface area contributed by atoms with Gasteiger partial charge in [-0.15, -0.1) is 0 Å². The monoisotopic (exact) mass is 415 g/mol. The van der Waals surface area contributed by atoms with Crippen LogP contribution in [0.2, 0.25) is 10.0 Å². The number of halogens is 2. The minimum Gasteiger partial charge on any atom is -0.380 e. The van der Waals surface area contributed by atoms with Gasteiger partial charge in [-0.25, -0.2) is 0 Å². The molecule has 7 heteroatoms. The first-order valence-electron chi connectivity index (χ1n) is 9.16. The second kappa shape index (κ2) is 7.86. The summed E-state index contributed by atoms with van der Waals surface area (Å²) in [7, 11) is 0. The number of hydrogen-bond acceptors (Lipinski definition) is 3. The fourth-order valence-corrected chi connectivity index (χ4v) is 4.04. The largest absolute Gasteiger partial charge is 0.380 e. The van der Waals surface area contributed by atoms with Gasteiger partial charge in [-0.05, 0) is 43.5 Å². The molecule has 28 heavy (non-hydrogen) atoms. The van der Waals surface area contributed by atoms with E-state index in [1.807, 2.05) is 24.3 Å². The highest BCUT2D eigenvalue weighted by molar-refractivity contribution is 6.42. The SMILES string of the molecule is O=C(N[C@@H]1CCC[C@@H]1Nc1ccc(Cl)c(Cl)c1)c1cc(=O)[nH]c2ccccc12. The summed E-state index contributed by atoms with van der Waals surface area (Å²) in [6, 6.07) is 14.1. The molecule has 0 aliphatic heterocycles. The van der Waals surface area contributed by atoms with Gasteiger partial charge >= 0.3 is 0 Å². The van der Waals surface area contributed by atoms with E-state index in [9.17, 15) is 9.59 Å². The molecule has 1 aliphatic carbocycles. The number of amides is 1. The van der Waals surface area contributed by atoms with Gasteiger partial charge in [0.2, 0.25) is 5.56 Å². The molecule has 1 heterocycles. The van der Waals surface area contributed by atoms with Crippen LogP contribution in [0.5, 0.6) is 0 Å². The number of fused-ring (bicyclic) bond motifs is 1. The van der Waals surface area contributed by atoms with Gasteiger partial charge in [0.15, 0.2) is 0 Å². The van der Waals surface area contributed by atoms with Crippen molar-refractivity contribution in [2.24, 2.45) is 0 Å². The summed E-state index contributed by atoms with van der Waals surface area (Å²) in [6.45, 7) is 0. The standard InChI is InChI=1S/C21H19Cl2N3O2/c22-15-9-8-12(10-16(15)23)24-18-6-3-7-19(18)26-21(28)14-11-20(27)25-17-5-2-1-4-13(14)17/h1-2,4-5,8-11,18-19,24H,3,6-7H2,(H,25,27)(H,26,28)/t18-,19+/m0/s1. The van der Waals surface area contributed by atoms with Crippen molar-refractivity contribution in [3.63, 3.8) is 0 Å². The van der Waals surface area contributed by atoms with E-state index < -0.39 is 0 Å². The smallest absolute Gasteiger partial charge is 0.252 e. The molecule has 0 bridgehead atoms. The van der Waals surface area contributed by atoms with E-state index in [1.54, 1.807) is 18.2 Å². The van der Waals surface area contributed by atoms with Gasteiger partial charge in [0, 0.05) is 34.7 Å². The number of carbonyl (C=O) groups excluding carboxylic acids is 1. The second-order valence-corrected chi connectivity index (χ2v) is 7.80. The number of rotatable bonds is 4. The molecule has 3 aromatic rings. The van der Waals surface area contributed by atoms with Crippen LogP contribution in [0.4, 0.5) is 5.69 Å². The Bertz CT molecular complexity index is 1100. The Labute approximate surface area is 172 Å². The number of benzene rings is 2. The highest BCUT2D eigenvalue weighted by Gasteiger charge is 2.29. The fraction of sp³-hybridized carbons (Fsp3) is 0.238. The van der Waals surface area contributed by atoms with Crippen molar-refractivity contribution in [2.45, 2.75) is 31.3 Å². The third kappa shape index (κ3) is 3.86. The molecule has 2 atom stereocenters. The lowest BCUT2D eigenvalue weighted by molar-refractivity contribution is 0.0937. The van der Waals surface area contributed by atoms with E-state index in [1.165, 1.54) is 6.07 Å². The third-order valence-corrected chi connectivity index (χ3v) is 5.84. The van der Waals surface area contributed by atoms with Crippen LogP contribution < -0.4 is 16.2 Å². The van der Waals surface area contributed by atoms with E-state index in [2.05, 4.69) is 15.6 Å². The molecule has 0 spiro atoms. The van der Waals surface area contributed by atoms with Crippen molar-refractivity contribution < 1.29 is 4.79 Å². The first-order valence-corrected chi connectivity index (χ1v) is 9.91. The quantitative estimate of drug-likeness (QED) is 0.582. The summed E-state index contributed by atoms with van der Waals surface area (Å²) < 4.78 is 0. The maximum Gasteiger partial charge on any atom is 0.252 e. The molecule has 1 amide bonds. The van der Waals surface area contributed by atoms with Gasteiger partial charge in [0.25, 0.3) is 5.91 Å². The lowest BCUT2D eigenvalue weighted by atomic mass is 10.1. The number of pyridine rings is 1. The molecule has 2 aromatic carbocycles. The van der Waals surface area contributed by atoms with Gasteiger partial charge in [-0.1, -0.05) is 41.4 Å². The summed E-state index contributed by atoms with van der Waals surface area (Å²) in [6.07, 6.45) is 2.80. The number of hydrogen-bond donors (Lipinski definition) is 3. The predicted octanol–water partition coefficient (Wildman–Crippen LogP) is 4.60. The van der Waals surface area contributed by atoms with E-state index in [-0.39, 0.29) is 23.6 Å². The number of aromatic amines is 1. The maximum atomic E-state index is 12.9. The number of para-hydroxylation sites is 1. The van der Waals surface area contributed by atoms with Gasteiger partial charge < -0.3 is 15.6 Å². The lowest BCUT2D eigenvalue weighted by Gasteiger charge is -2.23. The van der Waals surface area contributed by atoms with E-state index in [4.69, 9.17) is 23.2 Å². The molecular weight excluding hydrogens is 397 g/mol. The van der Waals surface area contributed by atoms with Crippen LogP contribution in [-0.2, 0) is 0 Å². The fourth-order valence-electron chi connectivity index (χ4n) is 3.74. The van der Waals surface area contributed by atoms with Crippen LogP contribution in [0.1, 0.15) is 29.6 Å². The third-order valence-electron chi connectivity index (χ3n) is 5.10. The van der Waals surface area contributed by atoms with E-state index in [0.29, 0.717) is 21.1 Å². The minimum atomic E-state index is -0.291. The first kappa shape index (κ1) is 18.8. The van der Waals surface area contributed by atoms with Crippen molar-refractivity contribution in [1.82, 2.24) is 10.3 Å². The van der Waals surface area contributed by atoms with Gasteiger partial charge in [-0.3, -0.25) is 9.59 Å². The van der Waals surface area contributed by atoms with Gasteiger partial charge in [0.05, 0.1) is 15.6 Å². The first-order chi connectivity index (χ1) is 13.5. The topological polar surface area (TPSA) is 74.0 Å². The molecule has 3 N–H and O–H groups in total. The van der Waals surface area contributed by atoms with Crippen LogP contribution in [-0.4, -0.2) is 23.0 Å². The maximum absolute atomic E-state index is 12.9. The highest BCUT2D eigenvalue weighted by Crippen LogP contribution is 2.28. The molecule has 1 aromatic heterocycles. The Hall–Kier alpha value is -2.50. The number of nitrogens with one attached hydrogen (secondary N) is 3. The molecule has 0 radical (unpaired) electrons. The molecule has 1 fully saturated rings. The zero-order chi connectivity index (χ0) is 19.7. The Kier molecular flexibility index (Phi) is 5.29. The Morgan fingerprint density at radius 3 is 2.61 bits per heavy atom. The summed E-state index contributed by atoms with van der Waals surface area (Å²) in [4.78, 5) is 27.6. The summed E-state index contributed by atoms with van der Waals surface area (Å²) >= 11 is 12.1. The molecule has 0 unspecified atom stereocenters. The molecule has 144 valence electrons. The van der Waals surface area contributed by atoms with Crippen LogP contribution in [0.3, 0.4) is 0 Å². The lowest BCUT2D eigenvalue weighted by Crippen LogP contribution is -2.43. The number of anilines is 1. The van der Waals surface area contributed by atoms with Crippen LogP contribution in [0.15, 0.2) is 53.3 Å². The molecule has 1 saturated carbocycles. The Balaban J connectivity index is 1.54. The number of carbonyl (C=O) groups is 1. The zero-order valence-corrected chi connectivity index (χ0v) is 16.5. The highest BCUT2D eigenvalue weighted by atomic mass is 35.5. The molecule has 4 rings (SSSR count). The van der Waals surface area contributed by atoms with Crippen molar-refractivity contribution in [3.05, 3.63) is 74.5 Å². The van der Waals surface area contributed by atoms with Crippen molar-refractivity contribution in [1.29, 1.82) is 0 Å². The van der Waals surface area contributed by atoms with E-state index in [0.717, 1.165) is 30.3 Å². The van der Waals surface area contributed by atoms with Crippen molar-refractivity contribution in [2.75, 3.05) is 5.32 Å². The molecular formula is C21H19Cl2N3O2. The summed E-state index contributed by atoms with van der Waals surface area (Å²) in [5.74, 6) is -0.241. The normalized spacial score (nSPS) is 18.9. The molecule has 5 nitrogen and oxygen atoms in total. The van der Waals surface area contributed by atoms with Crippen LogP contribution in [0, 0.1) is 0 Å². The average Bonchev–Trinajstić information content (AvgIpc) is 3.10. The number of H-pyrrole nitrogens is 1. The Morgan fingerprint density at radius 1 is 1.00 bits per heavy atom. The number of aromatic nitrogens is 1. The summed E-state index contributed by atoms with van der Waals surface area (Å²) in [5.41, 5.74) is 1.61. The molecule has 0 saturated heterocycles. The summed E-state index contributed by atoms with van der Waals surface area (Å²) in [5, 5.41) is 8.26. The Morgan fingerprint density at radius 2 is 1.79 bits per heavy atom. The predicted molar refractivity (Wildman–Crippen MR) is 114 cm³/mol. The average molecular weight is 416 g/mol. The second-order valence-electron chi connectivity index (χ2n) is 6.98. The zero-order valence-electron chi connectivity index (χ0n) is 15.0. The van der Waals surface area contributed by atoms with Crippen molar-refractivity contribution in [3.8, 4) is 0 Å². The van der Waals surface area contributed by atoms with Gasteiger partial charge in [0.1, 0.15) is 0 Å². The van der Waals surface area contributed by atoms with Crippen LogP contribution in [0.25, 0.3) is 10.9 Å². The van der Waals surface area contributed by atoms with Crippen LogP contribution >= 0.6 is 23.2 Å². The minimum absolute atomic E-state index is 0.0417. The van der Waals surface area contributed by atoms with Gasteiger partial charge in [-0.2, -0.15) is 0 Å². The molecule has 1 aliphatic rings.